The van der Waals surface area contributed by atoms with Gasteiger partial charge in [0, 0.05) is 5.69 Å². The van der Waals surface area contributed by atoms with E-state index in [1.54, 1.807) is 4.90 Å². The number of hydrogen-bond acceptors (Lipinski definition) is 2. The average Bonchev–Trinajstić information content (AvgIpc) is 2.39. The van der Waals surface area contributed by atoms with E-state index in [4.69, 9.17) is 0 Å². The molecular weight excluding hydrogens is 264 g/mol. The first kappa shape index (κ1) is 15.5. The number of carbonyl (C=O) groups is 2. The van der Waals surface area contributed by atoms with Crippen LogP contribution >= 0.6 is 0 Å². The number of piperazine rings is 1. The van der Waals surface area contributed by atoms with Gasteiger partial charge in [-0.05, 0) is 23.0 Å². The SMILES string of the molecule is CC(C)C1NC(=O)CN(c2ccccc2C(C)(C)C)C1=O. The summed E-state index contributed by atoms with van der Waals surface area (Å²) in [5, 5.41) is 2.79. The van der Waals surface area contributed by atoms with Crippen molar-refractivity contribution in [2.24, 2.45) is 5.92 Å². The van der Waals surface area contributed by atoms with Gasteiger partial charge in [0.15, 0.2) is 0 Å². The molecule has 1 N–H and O–H groups in total. The van der Waals surface area contributed by atoms with Crippen molar-refractivity contribution in [2.45, 2.75) is 46.1 Å². The van der Waals surface area contributed by atoms with E-state index in [2.05, 4.69) is 26.1 Å². The molecule has 0 radical (unpaired) electrons. The Balaban J connectivity index is 2.46. The van der Waals surface area contributed by atoms with E-state index in [-0.39, 0.29) is 29.7 Å². The van der Waals surface area contributed by atoms with Gasteiger partial charge in [0.25, 0.3) is 0 Å². The lowest BCUT2D eigenvalue weighted by molar-refractivity contribution is -0.132. The van der Waals surface area contributed by atoms with Crippen LogP contribution in [0.5, 0.6) is 0 Å². The van der Waals surface area contributed by atoms with Gasteiger partial charge < -0.3 is 10.2 Å². The zero-order chi connectivity index (χ0) is 15.8. The number of nitrogens with one attached hydrogen (secondary N) is 1. The van der Waals surface area contributed by atoms with Crippen molar-refractivity contribution in [3.05, 3.63) is 29.8 Å². The molecule has 4 nitrogen and oxygen atoms in total. The van der Waals surface area contributed by atoms with E-state index in [1.807, 2.05) is 38.1 Å². The molecule has 1 saturated heterocycles. The van der Waals surface area contributed by atoms with E-state index < -0.39 is 6.04 Å². The zero-order valence-corrected chi connectivity index (χ0v) is 13.4. The van der Waals surface area contributed by atoms with Gasteiger partial charge in [-0.2, -0.15) is 0 Å². The maximum Gasteiger partial charge on any atom is 0.250 e. The van der Waals surface area contributed by atoms with Crippen molar-refractivity contribution in [3.63, 3.8) is 0 Å². The van der Waals surface area contributed by atoms with Crippen LogP contribution in [0.4, 0.5) is 5.69 Å². The molecule has 0 bridgehead atoms. The molecule has 2 amide bonds. The second-order valence-corrected chi connectivity index (χ2v) is 6.98. The van der Waals surface area contributed by atoms with E-state index in [1.165, 1.54) is 0 Å². The Bertz CT molecular complexity index is 558. The fraction of sp³-hybridized carbons (Fsp3) is 0.529. The number of nitrogens with zero attached hydrogens (tertiary/aromatic N) is 1. The summed E-state index contributed by atoms with van der Waals surface area (Å²) in [6.45, 7) is 10.3. The third-order valence-corrected chi connectivity index (χ3v) is 3.82. The van der Waals surface area contributed by atoms with E-state index >= 15 is 0 Å². The minimum atomic E-state index is -0.445. The van der Waals surface area contributed by atoms with Crippen LogP contribution in [0.3, 0.4) is 0 Å². The molecule has 1 aromatic rings. The quantitative estimate of drug-likeness (QED) is 0.909. The Kier molecular flexibility index (Phi) is 4.08. The molecule has 1 heterocycles. The first-order valence-corrected chi connectivity index (χ1v) is 7.42. The number of carbonyl (C=O) groups excluding carboxylic acids is 2. The molecule has 0 saturated carbocycles. The summed E-state index contributed by atoms with van der Waals surface area (Å²) in [5.74, 6) is -0.0515. The lowest BCUT2D eigenvalue weighted by Crippen LogP contribution is -2.60. The monoisotopic (exact) mass is 288 g/mol. The molecule has 21 heavy (non-hydrogen) atoms. The Morgan fingerprint density at radius 1 is 1.19 bits per heavy atom. The van der Waals surface area contributed by atoms with Crippen LogP contribution in [-0.4, -0.2) is 24.4 Å². The molecular formula is C17H24N2O2. The first-order chi connectivity index (χ1) is 9.71. The van der Waals surface area contributed by atoms with Crippen LogP contribution in [0.1, 0.15) is 40.2 Å². The van der Waals surface area contributed by atoms with Crippen LogP contribution in [0.25, 0.3) is 0 Å². The molecule has 1 atom stereocenters. The summed E-state index contributed by atoms with van der Waals surface area (Å²) in [4.78, 5) is 26.3. The lowest BCUT2D eigenvalue weighted by atomic mass is 9.85. The average molecular weight is 288 g/mol. The Morgan fingerprint density at radius 2 is 1.81 bits per heavy atom. The predicted molar refractivity (Wildman–Crippen MR) is 84.3 cm³/mol. The van der Waals surface area contributed by atoms with Crippen molar-refractivity contribution in [1.29, 1.82) is 0 Å². The van der Waals surface area contributed by atoms with Gasteiger partial charge in [-0.15, -0.1) is 0 Å². The number of anilines is 1. The molecule has 0 spiro atoms. The highest BCUT2D eigenvalue weighted by atomic mass is 16.2. The fourth-order valence-corrected chi connectivity index (χ4v) is 2.67. The van der Waals surface area contributed by atoms with Crippen LogP contribution in [-0.2, 0) is 15.0 Å². The summed E-state index contributed by atoms with van der Waals surface area (Å²) in [5.41, 5.74) is 1.84. The third-order valence-electron chi connectivity index (χ3n) is 3.82. The standard InChI is InChI=1S/C17H24N2O2/c1-11(2)15-16(21)19(10-14(20)18-15)13-9-7-6-8-12(13)17(3,4)5/h6-9,11,15H,10H2,1-5H3,(H,18,20). The minimum absolute atomic E-state index is 0.0266. The maximum absolute atomic E-state index is 12.7. The topological polar surface area (TPSA) is 49.4 Å². The van der Waals surface area contributed by atoms with Crippen molar-refractivity contribution in [2.75, 3.05) is 11.4 Å². The maximum atomic E-state index is 12.7. The Hall–Kier alpha value is -1.84. The molecule has 0 aliphatic carbocycles. The fourth-order valence-electron chi connectivity index (χ4n) is 2.67. The van der Waals surface area contributed by atoms with Crippen LogP contribution in [0.15, 0.2) is 24.3 Å². The normalized spacial score (nSPS) is 19.9. The molecule has 114 valence electrons. The highest BCUT2D eigenvalue weighted by Gasteiger charge is 2.36. The second-order valence-electron chi connectivity index (χ2n) is 6.98. The van der Waals surface area contributed by atoms with Crippen molar-refractivity contribution < 1.29 is 9.59 Å². The van der Waals surface area contributed by atoms with Crippen molar-refractivity contribution in [3.8, 4) is 0 Å². The molecule has 1 aliphatic heterocycles. The van der Waals surface area contributed by atoms with E-state index in [0.717, 1.165) is 11.3 Å². The smallest absolute Gasteiger partial charge is 0.250 e. The van der Waals surface area contributed by atoms with Crippen LogP contribution in [0.2, 0.25) is 0 Å². The van der Waals surface area contributed by atoms with Gasteiger partial charge in [-0.3, -0.25) is 9.59 Å². The number of rotatable bonds is 2. The molecule has 1 fully saturated rings. The minimum Gasteiger partial charge on any atom is -0.342 e. The molecule has 1 aliphatic rings. The van der Waals surface area contributed by atoms with Crippen molar-refractivity contribution in [1.82, 2.24) is 5.32 Å². The van der Waals surface area contributed by atoms with Crippen molar-refractivity contribution >= 4 is 17.5 Å². The highest BCUT2D eigenvalue weighted by Crippen LogP contribution is 2.33. The summed E-state index contributed by atoms with van der Waals surface area (Å²) in [6, 6.07) is 7.39. The number of amides is 2. The summed E-state index contributed by atoms with van der Waals surface area (Å²) < 4.78 is 0. The van der Waals surface area contributed by atoms with E-state index in [9.17, 15) is 9.59 Å². The highest BCUT2D eigenvalue weighted by molar-refractivity contribution is 6.07. The molecule has 2 rings (SSSR count). The number of hydrogen-bond donors (Lipinski definition) is 1. The summed E-state index contributed by atoms with van der Waals surface area (Å²) in [6.07, 6.45) is 0. The Morgan fingerprint density at radius 3 is 2.38 bits per heavy atom. The molecule has 0 aromatic heterocycles. The van der Waals surface area contributed by atoms with Gasteiger partial charge in [0.05, 0.1) is 0 Å². The van der Waals surface area contributed by atoms with Gasteiger partial charge >= 0.3 is 0 Å². The first-order valence-electron chi connectivity index (χ1n) is 7.42. The predicted octanol–water partition coefficient (Wildman–Crippen LogP) is 2.47. The summed E-state index contributed by atoms with van der Waals surface area (Å²) in [7, 11) is 0. The molecule has 4 heteroatoms. The van der Waals surface area contributed by atoms with Gasteiger partial charge in [-0.25, -0.2) is 0 Å². The van der Waals surface area contributed by atoms with E-state index in [0.29, 0.717) is 0 Å². The largest absolute Gasteiger partial charge is 0.342 e. The van der Waals surface area contributed by atoms with Crippen LogP contribution < -0.4 is 10.2 Å². The molecule has 1 unspecified atom stereocenters. The summed E-state index contributed by atoms with van der Waals surface area (Å²) >= 11 is 0. The van der Waals surface area contributed by atoms with Gasteiger partial charge in [0.2, 0.25) is 11.8 Å². The number of para-hydroxylation sites is 1. The zero-order valence-electron chi connectivity index (χ0n) is 13.4. The lowest BCUT2D eigenvalue weighted by Gasteiger charge is -2.37. The second kappa shape index (κ2) is 5.51. The van der Waals surface area contributed by atoms with Gasteiger partial charge in [-0.1, -0.05) is 52.8 Å². The van der Waals surface area contributed by atoms with Gasteiger partial charge in [0.1, 0.15) is 12.6 Å². The molecule has 1 aromatic carbocycles. The number of benzene rings is 1. The van der Waals surface area contributed by atoms with Crippen LogP contribution in [0, 0.1) is 5.92 Å². The Labute approximate surface area is 126 Å². The third kappa shape index (κ3) is 3.09.